The van der Waals surface area contributed by atoms with E-state index >= 15 is 0 Å². The Morgan fingerprint density at radius 1 is 1.30 bits per heavy atom. The first-order valence-electron chi connectivity index (χ1n) is 7.81. The Morgan fingerprint density at radius 2 is 2.26 bits per heavy atom. The van der Waals surface area contributed by atoms with E-state index in [1.54, 1.807) is 11.9 Å². The number of aromatic nitrogens is 1. The lowest BCUT2D eigenvalue weighted by molar-refractivity contribution is 1.12. The third-order valence-corrected chi connectivity index (χ3v) is 7.23. The number of nitrogens with one attached hydrogen (secondary N) is 2. The van der Waals surface area contributed by atoms with Crippen LogP contribution in [0.5, 0.6) is 0 Å². The van der Waals surface area contributed by atoms with Crippen molar-refractivity contribution in [3.63, 3.8) is 0 Å². The van der Waals surface area contributed by atoms with Gasteiger partial charge in [0.15, 0.2) is 0 Å². The molecule has 3 heterocycles. The van der Waals surface area contributed by atoms with Gasteiger partial charge in [0.05, 0.1) is 26.8 Å². The quantitative estimate of drug-likeness (QED) is 0.748. The van der Waals surface area contributed by atoms with E-state index in [0.29, 0.717) is 0 Å². The summed E-state index contributed by atoms with van der Waals surface area (Å²) in [4.78, 5) is 8.35. The molecule has 3 nitrogen and oxygen atoms in total. The van der Waals surface area contributed by atoms with Crippen LogP contribution in [0.1, 0.15) is 17.7 Å². The summed E-state index contributed by atoms with van der Waals surface area (Å²) >= 11 is 5.62. The lowest BCUT2D eigenvalue weighted by atomic mass is 10.1. The molecule has 0 unspecified atom stereocenters. The van der Waals surface area contributed by atoms with E-state index in [1.807, 2.05) is 23.5 Å². The maximum absolute atomic E-state index is 4.72. The topological polar surface area (TPSA) is 40.2 Å². The molecule has 0 fully saturated rings. The van der Waals surface area contributed by atoms with Crippen molar-refractivity contribution in [3.05, 3.63) is 39.8 Å². The molecule has 2 N–H and O–H groups in total. The van der Waals surface area contributed by atoms with Gasteiger partial charge in [-0.3, -0.25) is 4.99 Å². The molecule has 6 heteroatoms. The molecule has 0 radical (unpaired) electrons. The highest BCUT2D eigenvalue weighted by Gasteiger charge is 2.17. The van der Waals surface area contributed by atoms with E-state index in [9.17, 15) is 0 Å². The summed E-state index contributed by atoms with van der Waals surface area (Å²) in [5.41, 5.74) is 6.07. The second-order valence-corrected chi connectivity index (χ2v) is 8.95. The predicted molar refractivity (Wildman–Crippen MR) is 108 cm³/mol. The number of rotatable bonds is 4. The van der Waals surface area contributed by atoms with Gasteiger partial charge < -0.3 is 9.71 Å². The summed E-state index contributed by atoms with van der Waals surface area (Å²) in [6, 6.07) is 6.47. The van der Waals surface area contributed by atoms with Crippen LogP contribution in [0.15, 0.2) is 33.5 Å². The molecule has 0 amide bonds. The van der Waals surface area contributed by atoms with Crippen molar-refractivity contribution in [2.24, 2.45) is 4.99 Å². The molecule has 2 aliphatic heterocycles. The number of allylic oxidation sites excluding steroid dienone is 1. The molecule has 1 aromatic carbocycles. The normalized spacial score (nSPS) is 18.1. The zero-order valence-electron chi connectivity index (χ0n) is 13.0. The number of fused-ring (bicyclic) bond motifs is 1. The van der Waals surface area contributed by atoms with Gasteiger partial charge in [-0.05, 0) is 36.9 Å². The van der Waals surface area contributed by atoms with Gasteiger partial charge in [-0.25, -0.2) is 0 Å². The van der Waals surface area contributed by atoms with Crippen LogP contribution in [0.25, 0.3) is 10.9 Å². The summed E-state index contributed by atoms with van der Waals surface area (Å²) in [6.07, 6.45) is 3.49. The van der Waals surface area contributed by atoms with Crippen LogP contribution in [-0.2, 0) is 0 Å². The smallest absolute Gasteiger partial charge is 0.0706 e. The number of benzene rings is 1. The minimum absolute atomic E-state index is 0.932. The highest BCUT2D eigenvalue weighted by molar-refractivity contribution is 8.23. The first kappa shape index (κ1) is 15.5. The van der Waals surface area contributed by atoms with Crippen molar-refractivity contribution in [1.29, 1.82) is 0 Å². The highest BCUT2D eigenvalue weighted by Crippen LogP contribution is 2.37. The van der Waals surface area contributed by atoms with Crippen molar-refractivity contribution >= 4 is 57.8 Å². The van der Waals surface area contributed by atoms with Gasteiger partial charge >= 0.3 is 0 Å². The van der Waals surface area contributed by atoms with Crippen LogP contribution in [0.2, 0.25) is 0 Å². The average Bonchev–Trinajstić information content (AvgIpc) is 3.22. The van der Waals surface area contributed by atoms with Crippen molar-refractivity contribution in [1.82, 2.24) is 4.98 Å². The number of nitrogens with zero attached hydrogens (tertiary/aromatic N) is 1. The fourth-order valence-electron chi connectivity index (χ4n) is 2.91. The number of hydrogen-bond donors (Lipinski definition) is 2. The third-order valence-electron chi connectivity index (χ3n) is 4.09. The van der Waals surface area contributed by atoms with Gasteiger partial charge in [0.1, 0.15) is 0 Å². The molecule has 4 rings (SSSR count). The molecule has 0 atom stereocenters. The van der Waals surface area contributed by atoms with Crippen LogP contribution >= 0.6 is 35.5 Å². The number of thioether (sulfide) groups is 2. The summed E-state index contributed by atoms with van der Waals surface area (Å²) in [6.45, 7) is 3.13. The molecular weight excluding hydrogens is 342 g/mol. The van der Waals surface area contributed by atoms with Gasteiger partial charge in [0, 0.05) is 29.2 Å². The number of aromatic amines is 1. The molecular formula is C17H19N3S3. The second kappa shape index (κ2) is 6.87. The Bertz CT molecular complexity index is 792. The fraction of sp³-hybridized carbons (Fsp3) is 0.353. The molecule has 120 valence electrons. The van der Waals surface area contributed by atoms with Crippen molar-refractivity contribution in [2.45, 2.75) is 13.3 Å². The third kappa shape index (κ3) is 3.16. The maximum Gasteiger partial charge on any atom is 0.0706 e. The van der Waals surface area contributed by atoms with Crippen LogP contribution in [-0.4, -0.2) is 34.5 Å². The molecule has 0 bridgehead atoms. The van der Waals surface area contributed by atoms with Crippen LogP contribution in [0.3, 0.4) is 0 Å². The Labute approximate surface area is 149 Å². The predicted octanol–water partition coefficient (Wildman–Crippen LogP) is 5.05. The van der Waals surface area contributed by atoms with Gasteiger partial charge in [-0.1, -0.05) is 18.2 Å². The van der Waals surface area contributed by atoms with Crippen molar-refractivity contribution in [3.8, 4) is 0 Å². The van der Waals surface area contributed by atoms with E-state index in [-0.39, 0.29) is 0 Å². The summed E-state index contributed by atoms with van der Waals surface area (Å²) in [7, 11) is 0. The van der Waals surface area contributed by atoms with E-state index < -0.39 is 0 Å². The SMILES string of the molecule is Cc1c(C2=NCCSC2)[nH]c2c(NSC3=CCCS3)cccc12. The number of anilines is 1. The molecule has 0 spiro atoms. The number of aliphatic imine (C=N–C) groups is 1. The monoisotopic (exact) mass is 361 g/mol. The first-order valence-corrected chi connectivity index (χ1v) is 10.8. The number of aryl methyl sites for hydroxylation is 1. The Kier molecular flexibility index (Phi) is 4.64. The van der Waals surface area contributed by atoms with Crippen LogP contribution in [0.4, 0.5) is 5.69 Å². The minimum Gasteiger partial charge on any atom is -0.352 e. The van der Waals surface area contributed by atoms with Crippen molar-refractivity contribution in [2.75, 3.05) is 28.5 Å². The standard InChI is InChI=1S/C17H19N3S3/c1-11-12-4-2-5-13(20-23-15-6-3-8-22-15)17(12)19-16(11)14-10-21-9-7-18-14/h2,4-6,19-20H,3,7-10H2,1H3. The largest absolute Gasteiger partial charge is 0.352 e. The average molecular weight is 362 g/mol. The summed E-state index contributed by atoms with van der Waals surface area (Å²) in [5.74, 6) is 3.35. The Morgan fingerprint density at radius 3 is 3.04 bits per heavy atom. The Hall–Kier alpha value is -0.980. The van der Waals surface area contributed by atoms with E-state index in [0.717, 1.165) is 23.7 Å². The summed E-state index contributed by atoms with van der Waals surface area (Å²) in [5, 5.41) is 1.29. The minimum atomic E-state index is 0.932. The van der Waals surface area contributed by atoms with Gasteiger partial charge in [0.2, 0.25) is 0 Å². The van der Waals surface area contributed by atoms with Gasteiger partial charge in [-0.2, -0.15) is 11.8 Å². The van der Waals surface area contributed by atoms with Crippen LogP contribution in [0, 0.1) is 6.92 Å². The number of H-pyrrole nitrogens is 1. The first-order chi connectivity index (χ1) is 11.3. The molecule has 0 saturated carbocycles. The summed E-state index contributed by atoms with van der Waals surface area (Å²) < 4.78 is 4.90. The Balaban J connectivity index is 1.67. The lowest BCUT2D eigenvalue weighted by Crippen LogP contribution is -2.13. The fourth-order valence-corrected chi connectivity index (χ4v) is 5.57. The molecule has 23 heavy (non-hydrogen) atoms. The lowest BCUT2D eigenvalue weighted by Gasteiger charge is -2.11. The molecule has 0 aliphatic carbocycles. The van der Waals surface area contributed by atoms with E-state index in [2.05, 4.69) is 40.9 Å². The molecule has 2 aliphatic rings. The van der Waals surface area contributed by atoms with E-state index in [4.69, 9.17) is 4.99 Å². The molecule has 0 saturated heterocycles. The maximum atomic E-state index is 4.72. The van der Waals surface area contributed by atoms with Crippen molar-refractivity contribution < 1.29 is 0 Å². The number of hydrogen-bond acceptors (Lipinski definition) is 5. The molecule has 1 aromatic heterocycles. The van der Waals surface area contributed by atoms with Gasteiger partial charge in [-0.15, -0.1) is 11.8 Å². The molecule has 2 aromatic rings. The number of para-hydroxylation sites is 1. The van der Waals surface area contributed by atoms with Crippen LogP contribution < -0.4 is 4.72 Å². The zero-order valence-corrected chi connectivity index (χ0v) is 15.5. The van der Waals surface area contributed by atoms with E-state index in [1.165, 1.54) is 44.3 Å². The van der Waals surface area contributed by atoms with Gasteiger partial charge in [0.25, 0.3) is 0 Å². The zero-order chi connectivity index (χ0) is 15.6. The second-order valence-electron chi connectivity index (χ2n) is 5.60. The highest BCUT2D eigenvalue weighted by atomic mass is 32.2.